The smallest absolute Gasteiger partial charge is 0.435 e. The van der Waals surface area contributed by atoms with Gasteiger partial charge >= 0.3 is 6.18 Å². The highest BCUT2D eigenvalue weighted by Crippen LogP contribution is 2.35. The zero-order valence-electron chi connectivity index (χ0n) is 18.5. The van der Waals surface area contributed by atoms with Gasteiger partial charge in [0.1, 0.15) is 5.56 Å². The average Bonchev–Trinajstić information content (AvgIpc) is 2.73. The summed E-state index contributed by atoms with van der Waals surface area (Å²) in [4.78, 5) is 17.4. The number of carbonyl (C=O) groups is 1. The Kier molecular flexibility index (Phi) is 6.77. The highest BCUT2D eigenvalue weighted by molar-refractivity contribution is 7.91. The van der Waals surface area contributed by atoms with Gasteiger partial charge in [-0.1, -0.05) is 6.07 Å². The number of alkyl halides is 3. The molecule has 1 atom stereocenters. The Bertz CT molecular complexity index is 1360. The van der Waals surface area contributed by atoms with Crippen molar-refractivity contribution in [2.45, 2.75) is 24.9 Å². The van der Waals surface area contributed by atoms with E-state index in [2.05, 4.69) is 20.5 Å². The molecular weight excluding hydrogens is 475 g/mol. The van der Waals surface area contributed by atoms with Crippen molar-refractivity contribution in [3.63, 3.8) is 0 Å². The predicted molar refractivity (Wildman–Crippen MR) is 117 cm³/mol. The van der Waals surface area contributed by atoms with E-state index in [0.717, 1.165) is 6.92 Å². The molecule has 3 aromatic rings. The van der Waals surface area contributed by atoms with Crippen molar-refractivity contribution in [1.82, 2.24) is 15.2 Å². The van der Waals surface area contributed by atoms with Crippen LogP contribution in [0.3, 0.4) is 0 Å². The third-order valence-corrected chi connectivity index (χ3v) is 5.80. The van der Waals surface area contributed by atoms with Gasteiger partial charge in [0.25, 0.3) is 11.8 Å². The number of anilines is 1. The van der Waals surface area contributed by atoms with Crippen molar-refractivity contribution in [1.29, 1.82) is 4.78 Å². The van der Waals surface area contributed by atoms with Gasteiger partial charge in [0.2, 0.25) is 5.88 Å². The number of hydrogen-bond acceptors (Lipinski definition) is 8. The number of benzene rings is 1. The molecule has 0 aliphatic carbocycles. The molecule has 0 saturated carbocycles. The number of hydrogen-bond donors (Lipinski definition) is 2. The molecule has 0 saturated heterocycles. The molecule has 13 heteroatoms. The van der Waals surface area contributed by atoms with E-state index in [1.165, 1.54) is 49.8 Å². The minimum absolute atomic E-state index is 0.127. The number of amides is 1. The van der Waals surface area contributed by atoms with E-state index in [4.69, 9.17) is 14.3 Å². The van der Waals surface area contributed by atoms with Crippen molar-refractivity contribution in [3.8, 4) is 17.5 Å². The fourth-order valence-electron chi connectivity index (χ4n) is 2.97. The molecule has 0 aliphatic heterocycles. The van der Waals surface area contributed by atoms with Crippen LogP contribution in [0, 0.1) is 18.6 Å². The minimum Gasteiger partial charge on any atom is -0.481 e. The summed E-state index contributed by atoms with van der Waals surface area (Å²) in [5.41, 5.74) is -1.87. The first-order valence-corrected chi connectivity index (χ1v) is 11.6. The zero-order chi connectivity index (χ0) is 25.3. The Balaban J connectivity index is 2.07. The Labute approximate surface area is 193 Å². The van der Waals surface area contributed by atoms with Crippen molar-refractivity contribution in [3.05, 3.63) is 58.9 Å². The Morgan fingerprint density at radius 2 is 1.85 bits per heavy atom. The normalized spacial score (nSPS) is 13.1. The van der Waals surface area contributed by atoms with Crippen molar-refractivity contribution >= 4 is 21.3 Å². The minimum atomic E-state index is -4.86. The summed E-state index contributed by atoms with van der Waals surface area (Å²) in [6, 6.07) is 8.60. The SMILES string of the molecule is COc1ccc(Oc2nnc(C(F)(F)F)c(C)c2C(=O)Nc2cccc([S@](C)(=N)=O)c2)c(C)n1. The lowest BCUT2D eigenvalue weighted by Crippen LogP contribution is -2.21. The molecule has 9 nitrogen and oxygen atoms in total. The summed E-state index contributed by atoms with van der Waals surface area (Å²) in [6.07, 6.45) is -3.65. The first-order chi connectivity index (χ1) is 15.8. The molecule has 0 radical (unpaired) electrons. The summed E-state index contributed by atoms with van der Waals surface area (Å²) in [7, 11) is -1.66. The molecule has 0 aliphatic rings. The summed E-state index contributed by atoms with van der Waals surface area (Å²) in [5.74, 6) is -1.00. The number of methoxy groups -OCH3 is 1. The largest absolute Gasteiger partial charge is 0.481 e. The number of aromatic nitrogens is 3. The predicted octanol–water partition coefficient (Wildman–Crippen LogP) is 4.60. The number of pyridine rings is 1. The van der Waals surface area contributed by atoms with Crippen LogP contribution in [-0.4, -0.2) is 38.7 Å². The molecule has 0 unspecified atom stereocenters. The van der Waals surface area contributed by atoms with Gasteiger partial charge in [-0.3, -0.25) is 4.79 Å². The van der Waals surface area contributed by atoms with Crippen molar-refractivity contribution in [2.75, 3.05) is 18.7 Å². The van der Waals surface area contributed by atoms with Gasteiger partial charge in [0, 0.05) is 22.9 Å². The van der Waals surface area contributed by atoms with Gasteiger partial charge in [-0.2, -0.15) is 13.2 Å². The molecule has 180 valence electrons. The van der Waals surface area contributed by atoms with Crippen molar-refractivity contribution in [2.24, 2.45) is 0 Å². The summed E-state index contributed by atoms with van der Waals surface area (Å²) >= 11 is 0. The van der Waals surface area contributed by atoms with Gasteiger partial charge in [-0.25, -0.2) is 14.0 Å². The van der Waals surface area contributed by atoms with Crippen LogP contribution >= 0.6 is 0 Å². The van der Waals surface area contributed by atoms with E-state index < -0.39 is 44.5 Å². The highest BCUT2D eigenvalue weighted by atomic mass is 32.2. The summed E-state index contributed by atoms with van der Waals surface area (Å²) in [5, 5.41) is 9.18. The Morgan fingerprint density at radius 1 is 1.15 bits per heavy atom. The molecule has 0 bridgehead atoms. The lowest BCUT2D eigenvalue weighted by Gasteiger charge is -2.16. The number of halogens is 3. The van der Waals surface area contributed by atoms with Gasteiger partial charge in [-0.05, 0) is 43.7 Å². The number of ether oxygens (including phenoxy) is 2. The third kappa shape index (κ3) is 5.42. The van der Waals surface area contributed by atoms with Gasteiger partial charge in [-0.15, -0.1) is 10.2 Å². The summed E-state index contributed by atoms with van der Waals surface area (Å²) < 4.78 is 70.7. The first kappa shape index (κ1) is 24.9. The number of aryl methyl sites for hydroxylation is 1. The molecule has 3 rings (SSSR count). The molecule has 0 spiro atoms. The maximum absolute atomic E-state index is 13.5. The molecule has 0 fully saturated rings. The molecule has 34 heavy (non-hydrogen) atoms. The quantitative estimate of drug-likeness (QED) is 0.512. The second-order valence-electron chi connectivity index (χ2n) is 7.22. The number of carbonyl (C=O) groups excluding carboxylic acids is 1. The third-order valence-electron chi connectivity index (χ3n) is 4.65. The van der Waals surface area contributed by atoms with E-state index in [1.54, 1.807) is 6.92 Å². The number of nitrogens with zero attached hydrogens (tertiary/aromatic N) is 3. The van der Waals surface area contributed by atoms with E-state index in [0.29, 0.717) is 11.6 Å². The zero-order valence-corrected chi connectivity index (χ0v) is 19.3. The Morgan fingerprint density at radius 3 is 2.44 bits per heavy atom. The van der Waals surface area contributed by atoms with Crippen LogP contribution in [0.5, 0.6) is 17.5 Å². The van der Waals surface area contributed by atoms with Crippen LogP contribution < -0.4 is 14.8 Å². The molecule has 2 heterocycles. The monoisotopic (exact) mass is 495 g/mol. The van der Waals surface area contributed by atoms with Gasteiger partial charge in [0.15, 0.2) is 11.4 Å². The highest BCUT2D eigenvalue weighted by Gasteiger charge is 2.38. The number of rotatable bonds is 6. The van der Waals surface area contributed by atoms with E-state index in [9.17, 15) is 22.2 Å². The fraction of sp³-hybridized carbons (Fsp3) is 0.238. The van der Waals surface area contributed by atoms with E-state index in [-0.39, 0.29) is 16.3 Å². The van der Waals surface area contributed by atoms with E-state index in [1.807, 2.05) is 0 Å². The van der Waals surface area contributed by atoms with E-state index >= 15 is 0 Å². The molecule has 1 amide bonds. The molecule has 1 aromatic carbocycles. The van der Waals surface area contributed by atoms with Crippen molar-refractivity contribution < 1.29 is 31.6 Å². The van der Waals surface area contributed by atoms with Crippen LogP contribution in [0.4, 0.5) is 18.9 Å². The fourth-order valence-corrected chi connectivity index (χ4v) is 3.66. The van der Waals surface area contributed by atoms with Gasteiger partial charge in [0.05, 0.1) is 22.5 Å². The second kappa shape index (κ2) is 9.25. The topological polar surface area (TPSA) is 127 Å². The average molecular weight is 495 g/mol. The standard InChI is InChI=1S/C21H20F3N5O4S/c1-11-17(19(30)27-13-6-5-7-14(10-13)34(4,25)31)20(29-28-18(11)21(22,23)24)33-15-8-9-16(32-3)26-12(15)2/h5-10,25H,1-4H3,(H,27,30)/t34-/m1/s1. The Hall–Kier alpha value is -3.74. The lowest BCUT2D eigenvalue weighted by atomic mass is 10.1. The van der Waals surface area contributed by atoms with Crippen LogP contribution in [0.15, 0.2) is 41.3 Å². The van der Waals surface area contributed by atoms with Crippen LogP contribution in [0.1, 0.15) is 27.3 Å². The molecular formula is C21H20F3N5O4S. The summed E-state index contributed by atoms with van der Waals surface area (Å²) in [6.45, 7) is 2.66. The van der Waals surface area contributed by atoms with Gasteiger partial charge < -0.3 is 14.8 Å². The van der Waals surface area contributed by atoms with Crippen LogP contribution in [-0.2, 0) is 15.9 Å². The molecule has 2 aromatic heterocycles. The second-order valence-corrected chi connectivity index (χ2v) is 9.38. The lowest BCUT2D eigenvalue weighted by molar-refractivity contribution is -0.142. The molecule has 2 N–H and O–H groups in total. The van der Waals surface area contributed by atoms with Crippen LogP contribution in [0.25, 0.3) is 0 Å². The first-order valence-electron chi connectivity index (χ1n) is 9.60. The number of nitrogens with one attached hydrogen (secondary N) is 2. The maximum atomic E-state index is 13.5. The van der Waals surface area contributed by atoms with Crippen LogP contribution in [0.2, 0.25) is 0 Å². The maximum Gasteiger partial charge on any atom is 0.435 e.